The van der Waals surface area contributed by atoms with Crippen molar-refractivity contribution in [3.63, 3.8) is 0 Å². The van der Waals surface area contributed by atoms with Crippen molar-refractivity contribution in [3.8, 4) is 0 Å². The highest BCUT2D eigenvalue weighted by molar-refractivity contribution is 14.1. The molecular weight excluding hydrogens is 296 g/mol. The Hall–Kier alpha value is -0.590. The fraction of sp³-hybridized carbons (Fsp3) is 0.125. The molecule has 0 heterocycles. The van der Waals surface area contributed by atoms with Gasteiger partial charge in [-0.1, -0.05) is 0 Å². The first-order chi connectivity index (χ1) is 5.91. The number of hydrogen-bond donors (Lipinski definition) is 0. The van der Waals surface area contributed by atoms with Gasteiger partial charge in [-0.25, -0.2) is 0 Å². The summed E-state index contributed by atoms with van der Waals surface area (Å²) < 4.78 is 35.8. The van der Waals surface area contributed by atoms with Gasteiger partial charge in [-0.05, 0) is 24.3 Å². The minimum atomic E-state index is -4.34. The van der Waals surface area contributed by atoms with Crippen molar-refractivity contribution < 1.29 is 18.0 Å². The van der Waals surface area contributed by atoms with E-state index in [1.165, 1.54) is 22.6 Å². The quantitative estimate of drug-likeness (QED) is 0.574. The summed E-state index contributed by atoms with van der Waals surface area (Å²) in [4.78, 5) is 10.7. The molecule has 0 amide bonds. The molecule has 5 heteroatoms. The Balaban J connectivity index is 3.01. The van der Waals surface area contributed by atoms with Crippen molar-refractivity contribution >= 4 is 26.4 Å². The maximum absolute atomic E-state index is 12.0. The zero-order chi connectivity index (χ0) is 10.1. The summed E-state index contributed by atoms with van der Waals surface area (Å²) in [7, 11) is 0. The van der Waals surface area contributed by atoms with Crippen molar-refractivity contribution in [3.05, 3.63) is 35.4 Å². The molecule has 0 fully saturated rings. The van der Waals surface area contributed by atoms with E-state index in [-0.39, 0.29) is 9.35 Å². The summed E-state index contributed by atoms with van der Waals surface area (Å²) in [6, 6.07) is 4.12. The summed E-state index contributed by atoms with van der Waals surface area (Å²) in [6.07, 6.45) is -4.34. The minimum Gasteiger partial charge on any atom is -0.282 e. The maximum Gasteiger partial charge on any atom is 0.416 e. The molecule has 1 aromatic rings. The lowest BCUT2D eigenvalue weighted by Gasteiger charge is -2.05. The van der Waals surface area contributed by atoms with E-state index in [4.69, 9.17) is 0 Å². The van der Waals surface area contributed by atoms with Gasteiger partial charge < -0.3 is 0 Å². The first-order valence-electron chi connectivity index (χ1n) is 3.28. The Morgan fingerprint density at radius 3 is 1.92 bits per heavy atom. The van der Waals surface area contributed by atoms with Gasteiger partial charge in [-0.15, -0.1) is 0 Å². The van der Waals surface area contributed by atoms with Gasteiger partial charge in [0, 0.05) is 28.2 Å². The SMILES string of the molecule is O=C(I)c1ccc(C(F)(F)F)cc1. The smallest absolute Gasteiger partial charge is 0.282 e. The normalized spacial score (nSPS) is 11.4. The van der Waals surface area contributed by atoms with Crippen LogP contribution in [-0.2, 0) is 6.18 Å². The largest absolute Gasteiger partial charge is 0.416 e. The van der Waals surface area contributed by atoms with Crippen LogP contribution in [0.5, 0.6) is 0 Å². The van der Waals surface area contributed by atoms with E-state index in [0.717, 1.165) is 24.3 Å². The number of carbonyl (C=O) groups excluding carboxylic acids is 1. The van der Waals surface area contributed by atoms with E-state index < -0.39 is 11.7 Å². The van der Waals surface area contributed by atoms with Crippen LogP contribution in [-0.4, -0.2) is 3.79 Å². The lowest BCUT2D eigenvalue weighted by atomic mass is 10.1. The molecule has 0 aliphatic heterocycles. The second kappa shape index (κ2) is 3.65. The lowest BCUT2D eigenvalue weighted by molar-refractivity contribution is -0.137. The van der Waals surface area contributed by atoms with Gasteiger partial charge in [-0.2, -0.15) is 13.2 Å². The molecule has 0 unspecified atom stereocenters. The van der Waals surface area contributed by atoms with Gasteiger partial charge in [0.05, 0.1) is 5.56 Å². The molecule has 0 N–H and O–H groups in total. The van der Waals surface area contributed by atoms with Crippen LogP contribution >= 0.6 is 22.6 Å². The van der Waals surface area contributed by atoms with E-state index >= 15 is 0 Å². The number of hydrogen-bond acceptors (Lipinski definition) is 1. The van der Waals surface area contributed by atoms with Gasteiger partial charge in [0.25, 0.3) is 0 Å². The molecule has 0 aliphatic rings. The van der Waals surface area contributed by atoms with E-state index in [9.17, 15) is 18.0 Å². The first-order valence-corrected chi connectivity index (χ1v) is 4.36. The molecule has 70 valence electrons. The van der Waals surface area contributed by atoms with Crippen LogP contribution in [0.3, 0.4) is 0 Å². The predicted octanol–water partition coefficient (Wildman–Crippen LogP) is 3.28. The summed E-state index contributed by atoms with van der Waals surface area (Å²) in [5, 5.41) is 0. The number of alkyl halides is 3. The number of benzene rings is 1. The van der Waals surface area contributed by atoms with E-state index in [2.05, 4.69) is 0 Å². The van der Waals surface area contributed by atoms with Crippen molar-refractivity contribution in [1.82, 2.24) is 0 Å². The van der Waals surface area contributed by atoms with E-state index in [1.807, 2.05) is 0 Å². The third kappa shape index (κ3) is 2.68. The molecule has 0 spiro atoms. The van der Waals surface area contributed by atoms with Crippen LogP contribution in [0.1, 0.15) is 15.9 Å². The molecule has 1 rings (SSSR count). The zero-order valence-electron chi connectivity index (χ0n) is 6.23. The van der Waals surface area contributed by atoms with E-state index in [1.54, 1.807) is 0 Å². The predicted molar refractivity (Wildman–Crippen MR) is 49.8 cm³/mol. The van der Waals surface area contributed by atoms with Crippen molar-refractivity contribution in [2.75, 3.05) is 0 Å². The number of halogens is 4. The molecule has 0 aliphatic carbocycles. The Bertz CT molecular complexity index is 315. The second-order valence-corrected chi connectivity index (χ2v) is 3.33. The zero-order valence-corrected chi connectivity index (χ0v) is 8.39. The van der Waals surface area contributed by atoms with Crippen molar-refractivity contribution in [2.45, 2.75) is 6.18 Å². The van der Waals surface area contributed by atoms with Crippen LogP contribution in [0, 0.1) is 0 Å². The second-order valence-electron chi connectivity index (χ2n) is 2.35. The molecule has 0 saturated carbocycles. The highest BCUT2D eigenvalue weighted by Crippen LogP contribution is 2.29. The molecule has 0 radical (unpaired) electrons. The summed E-state index contributed by atoms with van der Waals surface area (Å²) in [5.41, 5.74) is -0.470. The van der Waals surface area contributed by atoms with Gasteiger partial charge in [0.15, 0.2) is 0 Å². The average Bonchev–Trinajstić information content (AvgIpc) is 2.03. The summed E-state index contributed by atoms with van der Waals surface area (Å²) in [5.74, 6) is 0. The monoisotopic (exact) mass is 300 g/mol. The molecule has 1 nitrogen and oxygen atoms in total. The van der Waals surface area contributed by atoms with Crippen molar-refractivity contribution in [1.29, 1.82) is 0 Å². The molecule has 0 saturated heterocycles. The fourth-order valence-electron chi connectivity index (χ4n) is 0.790. The lowest BCUT2D eigenvalue weighted by Crippen LogP contribution is -2.04. The van der Waals surface area contributed by atoms with E-state index in [0.29, 0.717) is 0 Å². The third-order valence-corrected chi connectivity index (χ3v) is 2.06. The molecular formula is C8H4F3IO. The average molecular weight is 300 g/mol. The third-order valence-electron chi connectivity index (χ3n) is 1.44. The van der Waals surface area contributed by atoms with Gasteiger partial charge in [0.1, 0.15) is 0 Å². The number of rotatable bonds is 1. The Morgan fingerprint density at radius 2 is 1.62 bits per heavy atom. The van der Waals surface area contributed by atoms with Crippen LogP contribution in [0.4, 0.5) is 13.2 Å². The molecule has 1 aromatic carbocycles. The van der Waals surface area contributed by atoms with Crippen molar-refractivity contribution in [2.24, 2.45) is 0 Å². The summed E-state index contributed by atoms with van der Waals surface area (Å²) in [6.45, 7) is 0. The molecule has 0 aromatic heterocycles. The van der Waals surface area contributed by atoms with Crippen LogP contribution < -0.4 is 0 Å². The van der Waals surface area contributed by atoms with Crippen LogP contribution in [0.25, 0.3) is 0 Å². The summed E-state index contributed by atoms with van der Waals surface area (Å²) >= 11 is 1.52. The standard InChI is InChI=1S/C8H4F3IO/c9-8(10,11)6-3-1-5(2-4-6)7(12)13/h1-4H. The molecule has 0 bridgehead atoms. The highest BCUT2D eigenvalue weighted by Gasteiger charge is 2.30. The minimum absolute atomic E-state index is 0.272. The highest BCUT2D eigenvalue weighted by atomic mass is 127. The van der Waals surface area contributed by atoms with Crippen LogP contribution in [0.15, 0.2) is 24.3 Å². The molecule has 0 atom stereocenters. The molecule has 13 heavy (non-hydrogen) atoms. The van der Waals surface area contributed by atoms with Gasteiger partial charge in [0.2, 0.25) is 3.79 Å². The van der Waals surface area contributed by atoms with Crippen LogP contribution in [0.2, 0.25) is 0 Å². The van der Waals surface area contributed by atoms with Gasteiger partial charge >= 0.3 is 6.18 Å². The van der Waals surface area contributed by atoms with Gasteiger partial charge in [-0.3, -0.25) is 4.79 Å². The maximum atomic E-state index is 12.0. The topological polar surface area (TPSA) is 17.1 Å². The Kier molecular flexibility index (Phi) is 2.94. The Labute approximate surface area is 86.1 Å². The number of carbonyl (C=O) groups is 1. The fourth-order valence-corrected chi connectivity index (χ4v) is 1.15. The Morgan fingerprint density at radius 1 is 1.15 bits per heavy atom. The first kappa shape index (κ1) is 10.5.